The molecule has 1 aromatic rings. The molecule has 2 amide bonds. The van der Waals surface area contributed by atoms with Crippen LogP contribution in [0.2, 0.25) is 0 Å². The van der Waals surface area contributed by atoms with Crippen LogP contribution < -0.4 is 14.9 Å². The van der Waals surface area contributed by atoms with E-state index >= 15 is 0 Å². The summed E-state index contributed by atoms with van der Waals surface area (Å²) in [6.07, 6.45) is 1.38. The summed E-state index contributed by atoms with van der Waals surface area (Å²) in [7, 11) is 0.491. The molecule has 1 rings (SSSR count). The first-order chi connectivity index (χ1) is 13.0. The number of amides is 2. The summed E-state index contributed by atoms with van der Waals surface area (Å²) in [5.41, 5.74) is 2.35. The maximum Gasteiger partial charge on any atom is 0.318 e. The zero-order valence-electron chi connectivity index (χ0n) is 18.2. The summed E-state index contributed by atoms with van der Waals surface area (Å²) < 4.78 is 26.9. The van der Waals surface area contributed by atoms with Crippen LogP contribution in [0, 0.1) is 0 Å². The second-order valence-corrected chi connectivity index (χ2v) is 9.49. The van der Waals surface area contributed by atoms with Gasteiger partial charge in [-0.25, -0.2) is 13.2 Å². The Morgan fingerprint density at radius 2 is 1.79 bits per heavy atom. The van der Waals surface area contributed by atoms with E-state index < -0.39 is 10.0 Å². The fraction of sp³-hybridized carbons (Fsp3) is 0.650. The zero-order valence-corrected chi connectivity index (χ0v) is 19.1. The van der Waals surface area contributed by atoms with E-state index in [2.05, 4.69) is 10.0 Å². The Bertz CT molecular complexity index is 748. The van der Waals surface area contributed by atoms with Gasteiger partial charge in [-0.1, -0.05) is 13.8 Å². The molecule has 0 aliphatic heterocycles. The number of nitrogens with zero attached hydrogens (tertiary/aromatic N) is 2. The summed E-state index contributed by atoms with van der Waals surface area (Å²) in [5.74, 6) is 0.0769. The SMILES string of the molecule is CCCS(=O)(=O)Nc1ccc(N(C)C)c(CN(C(=O)NC(C)C)[C@H](C)CC)c1. The van der Waals surface area contributed by atoms with Crippen molar-refractivity contribution in [1.82, 2.24) is 10.2 Å². The first-order valence-electron chi connectivity index (χ1n) is 9.88. The van der Waals surface area contributed by atoms with E-state index in [-0.39, 0.29) is 23.9 Å². The van der Waals surface area contributed by atoms with Crippen molar-refractivity contribution < 1.29 is 13.2 Å². The first-order valence-corrected chi connectivity index (χ1v) is 11.5. The van der Waals surface area contributed by atoms with E-state index in [4.69, 9.17) is 0 Å². The van der Waals surface area contributed by atoms with E-state index in [9.17, 15) is 13.2 Å². The Kier molecular flexibility index (Phi) is 9.07. The Hall–Kier alpha value is -1.96. The van der Waals surface area contributed by atoms with Crippen molar-refractivity contribution >= 4 is 27.4 Å². The van der Waals surface area contributed by atoms with Crippen molar-refractivity contribution in [2.45, 2.75) is 66.1 Å². The monoisotopic (exact) mass is 412 g/mol. The molecule has 8 heteroatoms. The highest BCUT2D eigenvalue weighted by Crippen LogP contribution is 2.26. The summed E-state index contributed by atoms with van der Waals surface area (Å²) >= 11 is 0. The number of hydrogen-bond donors (Lipinski definition) is 2. The van der Waals surface area contributed by atoms with Crippen LogP contribution in [-0.4, -0.2) is 51.3 Å². The molecule has 0 unspecified atom stereocenters. The lowest BCUT2D eigenvalue weighted by molar-refractivity contribution is 0.171. The van der Waals surface area contributed by atoms with Gasteiger partial charge in [0.1, 0.15) is 0 Å². The van der Waals surface area contributed by atoms with Gasteiger partial charge in [-0.2, -0.15) is 0 Å². The number of nitrogens with one attached hydrogen (secondary N) is 2. The second-order valence-electron chi connectivity index (χ2n) is 7.65. The third-order valence-corrected chi connectivity index (χ3v) is 5.94. The zero-order chi connectivity index (χ0) is 21.5. The molecule has 28 heavy (non-hydrogen) atoms. The predicted octanol–water partition coefficient (Wildman–Crippen LogP) is 3.62. The average Bonchev–Trinajstić information content (AvgIpc) is 2.57. The minimum absolute atomic E-state index is 0.0413. The smallest absolute Gasteiger partial charge is 0.318 e. The highest BCUT2D eigenvalue weighted by atomic mass is 32.2. The minimum Gasteiger partial charge on any atom is -0.377 e. The van der Waals surface area contributed by atoms with E-state index in [1.807, 2.05) is 65.7 Å². The van der Waals surface area contributed by atoms with Crippen molar-refractivity contribution in [2.75, 3.05) is 29.5 Å². The third kappa shape index (κ3) is 7.22. The Labute approximate surface area is 170 Å². The molecule has 7 nitrogen and oxygen atoms in total. The van der Waals surface area contributed by atoms with Crippen LogP contribution in [0.5, 0.6) is 0 Å². The molecule has 160 valence electrons. The van der Waals surface area contributed by atoms with Crippen LogP contribution >= 0.6 is 0 Å². The quantitative estimate of drug-likeness (QED) is 0.615. The molecule has 0 spiro atoms. The summed E-state index contributed by atoms with van der Waals surface area (Å²) in [6.45, 7) is 10.1. The Morgan fingerprint density at radius 1 is 1.14 bits per heavy atom. The Balaban J connectivity index is 3.25. The summed E-state index contributed by atoms with van der Waals surface area (Å²) in [5, 5.41) is 2.96. The molecule has 0 aliphatic rings. The third-order valence-electron chi connectivity index (χ3n) is 4.44. The van der Waals surface area contributed by atoms with Crippen molar-refractivity contribution in [2.24, 2.45) is 0 Å². The van der Waals surface area contributed by atoms with Crippen LogP contribution in [0.25, 0.3) is 0 Å². The van der Waals surface area contributed by atoms with Crippen LogP contribution in [0.4, 0.5) is 16.2 Å². The van der Waals surface area contributed by atoms with Gasteiger partial charge in [-0.15, -0.1) is 0 Å². The number of rotatable bonds is 10. The molecule has 0 aromatic heterocycles. The fourth-order valence-corrected chi connectivity index (χ4v) is 4.00. The fourth-order valence-electron chi connectivity index (χ4n) is 2.87. The molecule has 0 heterocycles. The lowest BCUT2D eigenvalue weighted by Crippen LogP contribution is -2.46. The molecular formula is C20H36N4O3S. The van der Waals surface area contributed by atoms with Gasteiger partial charge in [-0.05, 0) is 57.4 Å². The van der Waals surface area contributed by atoms with Crippen molar-refractivity contribution in [3.05, 3.63) is 23.8 Å². The van der Waals surface area contributed by atoms with Crippen LogP contribution in [0.1, 0.15) is 53.0 Å². The van der Waals surface area contributed by atoms with Gasteiger partial charge in [0, 0.05) is 44.1 Å². The molecule has 0 saturated carbocycles. The number of benzene rings is 1. The molecule has 1 aromatic carbocycles. The van der Waals surface area contributed by atoms with E-state index in [1.54, 1.807) is 11.0 Å². The molecular weight excluding hydrogens is 376 g/mol. The second kappa shape index (κ2) is 10.5. The Morgan fingerprint density at radius 3 is 2.29 bits per heavy atom. The molecule has 0 fully saturated rings. The largest absolute Gasteiger partial charge is 0.377 e. The first kappa shape index (κ1) is 24.1. The predicted molar refractivity (Wildman–Crippen MR) is 117 cm³/mol. The maximum atomic E-state index is 12.7. The topological polar surface area (TPSA) is 81.8 Å². The van der Waals surface area contributed by atoms with E-state index in [0.29, 0.717) is 18.7 Å². The number of carbonyl (C=O) groups excluding carboxylic acids is 1. The lowest BCUT2D eigenvalue weighted by atomic mass is 10.1. The van der Waals surface area contributed by atoms with Gasteiger partial charge in [0.05, 0.1) is 5.75 Å². The number of urea groups is 1. The van der Waals surface area contributed by atoms with Crippen molar-refractivity contribution in [3.8, 4) is 0 Å². The van der Waals surface area contributed by atoms with Crippen LogP contribution in [-0.2, 0) is 16.6 Å². The molecule has 0 bridgehead atoms. The van der Waals surface area contributed by atoms with Crippen LogP contribution in [0.15, 0.2) is 18.2 Å². The van der Waals surface area contributed by atoms with Gasteiger partial charge in [-0.3, -0.25) is 4.72 Å². The lowest BCUT2D eigenvalue weighted by Gasteiger charge is -2.31. The van der Waals surface area contributed by atoms with E-state index in [1.165, 1.54) is 0 Å². The molecule has 0 radical (unpaired) electrons. The van der Waals surface area contributed by atoms with Gasteiger partial charge >= 0.3 is 6.03 Å². The van der Waals surface area contributed by atoms with Crippen molar-refractivity contribution in [3.63, 3.8) is 0 Å². The molecule has 0 saturated heterocycles. The highest BCUT2D eigenvalue weighted by Gasteiger charge is 2.22. The maximum absolute atomic E-state index is 12.7. The number of hydrogen-bond acceptors (Lipinski definition) is 4. The summed E-state index contributed by atoms with van der Waals surface area (Å²) in [4.78, 5) is 16.5. The highest BCUT2D eigenvalue weighted by molar-refractivity contribution is 7.92. The number of anilines is 2. The minimum atomic E-state index is -3.37. The summed E-state index contributed by atoms with van der Waals surface area (Å²) in [6, 6.07) is 5.43. The number of sulfonamides is 1. The standard InChI is InChI=1S/C20H36N4O3S/c1-8-12-28(26,27)22-18-10-11-19(23(6)7)17(13-18)14-24(16(5)9-2)20(25)21-15(3)4/h10-11,13,15-16,22H,8-9,12,14H2,1-7H3,(H,21,25)/t16-/m1/s1. The van der Waals surface area contributed by atoms with Gasteiger partial charge in [0.25, 0.3) is 0 Å². The van der Waals surface area contributed by atoms with Gasteiger partial charge < -0.3 is 15.1 Å². The molecule has 0 aliphatic carbocycles. The van der Waals surface area contributed by atoms with Crippen molar-refractivity contribution in [1.29, 1.82) is 0 Å². The van der Waals surface area contributed by atoms with Gasteiger partial charge in [0.15, 0.2) is 0 Å². The van der Waals surface area contributed by atoms with Gasteiger partial charge in [0.2, 0.25) is 10.0 Å². The molecule has 2 N–H and O–H groups in total. The number of carbonyl (C=O) groups is 1. The normalized spacial score (nSPS) is 12.6. The molecule has 1 atom stereocenters. The average molecular weight is 413 g/mol. The van der Waals surface area contributed by atoms with E-state index in [0.717, 1.165) is 17.7 Å². The van der Waals surface area contributed by atoms with Crippen LogP contribution in [0.3, 0.4) is 0 Å².